The van der Waals surface area contributed by atoms with E-state index in [0.717, 1.165) is 34.2 Å². The van der Waals surface area contributed by atoms with Crippen molar-refractivity contribution in [2.75, 3.05) is 38.3 Å². The smallest absolute Gasteiger partial charge is 0.230 e. The summed E-state index contributed by atoms with van der Waals surface area (Å²) >= 11 is 3.49. The first-order chi connectivity index (χ1) is 12.2. The second-order valence-corrected chi connectivity index (χ2v) is 6.79. The molecule has 7 nitrogen and oxygen atoms in total. The summed E-state index contributed by atoms with van der Waals surface area (Å²) in [6, 6.07) is 6.08. The molecule has 0 spiro atoms. The van der Waals surface area contributed by atoms with Crippen molar-refractivity contribution in [3.63, 3.8) is 0 Å². The van der Waals surface area contributed by atoms with Crippen LogP contribution in [-0.2, 0) is 4.74 Å². The van der Waals surface area contributed by atoms with Gasteiger partial charge >= 0.3 is 0 Å². The number of hydrogen-bond donors (Lipinski definition) is 0. The monoisotopic (exact) mass is 403 g/mol. The number of ether oxygens (including phenoxy) is 2. The van der Waals surface area contributed by atoms with Crippen LogP contribution in [0, 0.1) is 6.92 Å². The molecule has 0 amide bonds. The van der Waals surface area contributed by atoms with Gasteiger partial charge in [0.25, 0.3) is 0 Å². The highest BCUT2D eigenvalue weighted by Crippen LogP contribution is 2.27. The van der Waals surface area contributed by atoms with Crippen LogP contribution in [-0.4, -0.2) is 53.2 Å². The van der Waals surface area contributed by atoms with Gasteiger partial charge in [0.2, 0.25) is 11.8 Å². The molecule has 0 saturated carbocycles. The van der Waals surface area contributed by atoms with Crippen LogP contribution >= 0.6 is 15.9 Å². The number of hydrogen-bond acceptors (Lipinski definition) is 6. The molecule has 3 aromatic rings. The molecule has 0 N–H and O–H groups in total. The minimum Gasteiger partial charge on any atom is -0.480 e. The van der Waals surface area contributed by atoms with Crippen LogP contribution in [0.15, 0.2) is 28.9 Å². The summed E-state index contributed by atoms with van der Waals surface area (Å²) in [6.45, 7) is 4.93. The van der Waals surface area contributed by atoms with Gasteiger partial charge in [-0.1, -0.05) is 15.9 Å². The molecule has 1 aromatic carbocycles. The fraction of sp³-hybridized carbons (Fsp3) is 0.353. The van der Waals surface area contributed by atoms with E-state index in [1.54, 1.807) is 7.11 Å². The van der Waals surface area contributed by atoms with Gasteiger partial charge in [-0.15, -0.1) is 5.10 Å². The Morgan fingerprint density at radius 2 is 2.00 bits per heavy atom. The SMILES string of the molecule is COc1nc(N2CCOCC2)nc2nn(-c3ccc(Br)cc3C)cc12. The Labute approximate surface area is 153 Å². The topological polar surface area (TPSA) is 65.3 Å². The molecular weight excluding hydrogens is 386 g/mol. The lowest BCUT2D eigenvalue weighted by Gasteiger charge is -2.26. The molecular formula is C17H18BrN5O2. The number of morpholine rings is 1. The summed E-state index contributed by atoms with van der Waals surface area (Å²) < 4.78 is 13.8. The summed E-state index contributed by atoms with van der Waals surface area (Å²) in [4.78, 5) is 11.3. The minimum absolute atomic E-state index is 0.535. The Morgan fingerprint density at radius 1 is 1.20 bits per heavy atom. The molecule has 8 heteroatoms. The average molecular weight is 404 g/mol. The third-order valence-corrected chi connectivity index (χ3v) is 4.72. The maximum absolute atomic E-state index is 5.49. The van der Waals surface area contributed by atoms with Crippen LogP contribution in [0.5, 0.6) is 5.88 Å². The van der Waals surface area contributed by atoms with Crippen molar-refractivity contribution in [3.05, 3.63) is 34.4 Å². The van der Waals surface area contributed by atoms with Crippen LogP contribution in [0.25, 0.3) is 16.7 Å². The van der Waals surface area contributed by atoms with E-state index in [-0.39, 0.29) is 0 Å². The first-order valence-corrected chi connectivity index (χ1v) is 8.85. The van der Waals surface area contributed by atoms with Gasteiger partial charge in [0.1, 0.15) is 5.39 Å². The predicted molar refractivity (Wildman–Crippen MR) is 98.7 cm³/mol. The fourth-order valence-corrected chi connectivity index (χ4v) is 3.40. The lowest BCUT2D eigenvalue weighted by atomic mass is 10.2. The van der Waals surface area contributed by atoms with E-state index < -0.39 is 0 Å². The number of nitrogens with zero attached hydrogens (tertiary/aromatic N) is 5. The van der Waals surface area contributed by atoms with E-state index in [0.29, 0.717) is 30.7 Å². The van der Waals surface area contributed by atoms with Gasteiger partial charge in [-0.3, -0.25) is 0 Å². The number of aromatic nitrogens is 4. The molecule has 0 radical (unpaired) electrons. The number of anilines is 1. The quantitative estimate of drug-likeness (QED) is 0.669. The van der Waals surface area contributed by atoms with Crippen molar-refractivity contribution in [1.82, 2.24) is 19.7 Å². The molecule has 0 aliphatic carbocycles. The molecule has 4 rings (SSSR count). The van der Waals surface area contributed by atoms with E-state index in [1.165, 1.54) is 0 Å². The number of halogens is 1. The summed E-state index contributed by atoms with van der Waals surface area (Å²) in [5, 5.41) is 5.44. The van der Waals surface area contributed by atoms with Crippen LogP contribution < -0.4 is 9.64 Å². The zero-order valence-electron chi connectivity index (χ0n) is 14.1. The minimum atomic E-state index is 0.535. The molecule has 0 atom stereocenters. The lowest BCUT2D eigenvalue weighted by molar-refractivity contribution is 0.122. The number of fused-ring (bicyclic) bond motifs is 1. The van der Waals surface area contributed by atoms with Gasteiger partial charge in [-0.25, -0.2) is 4.68 Å². The Bertz CT molecular complexity index is 921. The van der Waals surface area contributed by atoms with Gasteiger partial charge in [0.15, 0.2) is 5.65 Å². The third kappa shape index (κ3) is 3.07. The second kappa shape index (κ2) is 6.61. The van der Waals surface area contributed by atoms with E-state index in [2.05, 4.69) is 48.9 Å². The van der Waals surface area contributed by atoms with Crippen LogP contribution in [0.1, 0.15) is 5.56 Å². The predicted octanol–water partition coefficient (Wildman–Crippen LogP) is 2.73. The molecule has 1 aliphatic heterocycles. The van der Waals surface area contributed by atoms with Crippen LogP contribution in [0.2, 0.25) is 0 Å². The maximum Gasteiger partial charge on any atom is 0.230 e. The number of benzene rings is 1. The van der Waals surface area contributed by atoms with Gasteiger partial charge < -0.3 is 14.4 Å². The molecule has 1 saturated heterocycles. The van der Waals surface area contributed by atoms with E-state index >= 15 is 0 Å². The molecule has 0 bridgehead atoms. The van der Waals surface area contributed by atoms with E-state index in [4.69, 9.17) is 9.47 Å². The Balaban J connectivity index is 1.81. The lowest BCUT2D eigenvalue weighted by Crippen LogP contribution is -2.37. The van der Waals surface area contributed by atoms with E-state index in [1.807, 2.05) is 23.0 Å². The first kappa shape index (κ1) is 16.3. The standard InChI is InChI=1S/C17H18BrN5O2/c1-11-9-12(18)3-4-14(11)23-10-13-15(21-23)19-17(20-16(13)24-2)22-5-7-25-8-6-22/h3-4,9-10H,5-8H2,1-2H3. The summed E-state index contributed by atoms with van der Waals surface area (Å²) in [5.74, 6) is 1.16. The molecule has 3 heterocycles. The Hall–Kier alpha value is -2.19. The third-order valence-electron chi connectivity index (χ3n) is 4.23. The van der Waals surface area contributed by atoms with Gasteiger partial charge in [0.05, 0.1) is 26.0 Å². The molecule has 2 aromatic heterocycles. The molecule has 25 heavy (non-hydrogen) atoms. The Kier molecular flexibility index (Phi) is 4.30. The molecule has 1 fully saturated rings. The van der Waals surface area contributed by atoms with Crippen molar-refractivity contribution in [2.24, 2.45) is 0 Å². The van der Waals surface area contributed by atoms with Gasteiger partial charge in [-0.05, 0) is 30.7 Å². The number of aryl methyl sites for hydroxylation is 1. The maximum atomic E-state index is 5.49. The highest BCUT2D eigenvalue weighted by atomic mass is 79.9. The molecule has 0 unspecified atom stereocenters. The van der Waals surface area contributed by atoms with Crippen molar-refractivity contribution in [2.45, 2.75) is 6.92 Å². The fourth-order valence-electron chi connectivity index (χ4n) is 2.93. The largest absolute Gasteiger partial charge is 0.480 e. The van der Waals surface area contributed by atoms with Crippen molar-refractivity contribution in [3.8, 4) is 11.6 Å². The molecule has 130 valence electrons. The number of rotatable bonds is 3. The van der Waals surface area contributed by atoms with Gasteiger partial charge in [0, 0.05) is 23.8 Å². The molecule has 1 aliphatic rings. The van der Waals surface area contributed by atoms with Gasteiger partial charge in [-0.2, -0.15) is 9.97 Å². The summed E-state index contributed by atoms with van der Waals surface area (Å²) in [6.07, 6.45) is 1.91. The van der Waals surface area contributed by atoms with E-state index in [9.17, 15) is 0 Å². The van der Waals surface area contributed by atoms with Crippen molar-refractivity contribution >= 4 is 32.9 Å². The average Bonchev–Trinajstić information content (AvgIpc) is 3.05. The summed E-state index contributed by atoms with van der Waals surface area (Å²) in [5.41, 5.74) is 2.73. The summed E-state index contributed by atoms with van der Waals surface area (Å²) in [7, 11) is 1.62. The van der Waals surface area contributed by atoms with Crippen molar-refractivity contribution < 1.29 is 9.47 Å². The highest BCUT2D eigenvalue weighted by molar-refractivity contribution is 9.10. The van der Waals surface area contributed by atoms with Crippen LogP contribution in [0.4, 0.5) is 5.95 Å². The zero-order chi connectivity index (χ0) is 17.4. The Morgan fingerprint density at radius 3 is 2.72 bits per heavy atom. The highest BCUT2D eigenvalue weighted by Gasteiger charge is 2.19. The van der Waals surface area contributed by atoms with Crippen molar-refractivity contribution in [1.29, 1.82) is 0 Å². The second-order valence-electron chi connectivity index (χ2n) is 5.87. The zero-order valence-corrected chi connectivity index (χ0v) is 15.7. The normalized spacial score (nSPS) is 14.9. The van der Waals surface area contributed by atoms with Crippen LogP contribution in [0.3, 0.4) is 0 Å². The number of methoxy groups -OCH3 is 1. The first-order valence-electron chi connectivity index (χ1n) is 8.06.